The van der Waals surface area contributed by atoms with Crippen molar-refractivity contribution in [2.75, 3.05) is 5.73 Å². The second kappa shape index (κ2) is 3.59. The molecule has 1 aliphatic rings. The van der Waals surface area contributed by atoms with Crippen molar-refractivity contribution >= 4 is 21.7 Å². The largest absolute Gasteiger partial charge is 0.381 e. The Morgan fingerprint density at radius 2 is 2.19 bits per heavy atom. The number of aromatic nitrogens is 3. The van der Waals surface area contributed by atoms with E-state index in [2.05, 4.69) is 32.1 Å². The second-order valence-corrected chi connectivity index (χ2v) is 4.79. The van der Waals surface area contributed by atoms with Gasteiger partial charge in [0.15, 0.2) is 11.6 Å². The van der Waals surface area contributed by atoms with Crippen molar-refractivity contribution in [1.82, 2.24) is 14.8 Å². The van der Waals surface area contributed by atoms with Gasteiger partial charge in [0, 0.05) is 11.9 Å². The van der Waals surface area contributed by atoms with Crippen LogP contribution >= 0.6 is 15.9 Å². The van der Waals surface area contributed by atoms with Gasteiger partial charge in [0.25, 0.3) is 0 Å². The van der Waals surface area contributed by atoms with Gasteiger partial charge in [-0.3, -0.25) is 0 Å². The van der Waals surface area contributed by atoms with Crippen LogP contribution < -0.4 is 5.73 Å². The summed E-state index contributed by atoms with van der Waals surface area (Å²) in [6.45, 7) is 0. The van der Waals surface area contributed by atoms with Crippen molar-refractivity contribution < 1.29 is 0 Å². The normalized spacial score (nSPS) is 14.1. The third-order valence-corrected chi connectivity index (χ3v) is 3.45. The third kappa shape index (κ3) is 1.51. The lowest BCUT2D eigenvalue weighted by Crippen LogP contribution is -2.01. The first-order chi connectivity index (χ1) is 7.74. The molecular weight excluding hydrogens is 268 g/mol. The van der Waals surface area contributed by atoms with Gasteiger partial charge < -0.3 is 5.73 Å². The lowest BCUT2D eigenvalue weighted by Gasteiger charge is -2.03. The van der Waals surface area contributed by atoms with Crippen LogP contribution in [0.25, 0.3) is 5.82 Å². The van der Waals surface area contributed by atoms with E-state index in [-0.39, 0.29) is 0 Å². The van der Waals surface area contributed by atoms with Gasteiger partial charge in [-0.15, -0.1) is 5.10 Å². The van der Waals surface area contributed by atoms with Gasteiger partial charge in [0.2, 0.25) is 0 Å². The minimum absolute atomic E-state index is 0.488. The first kappa shape index (κ1) is 9.84. The number of rotatable bonds is 1. The zero-order valence-corrected chi connectivity index (χ0v) is 10.2. The molecule has 0 saturated carbocycles. The van der Waals surface area contributed by atoms with Gasteiger partial charge in [0.05, 0.1) is 4.47 Å². The lowest BCUT2D eigenvalue weighted by atomic mass is 10.2. The molecule has 0 radical (unpaired) electrons. The highest BCUT2D eigenvalue weighted by molar-refractivity contribution is 9.10. The van der Waals surface area contributed by atoms with Crippen LogP contribution in [0.15, 0.2) is 22.8 Å². The molecule has 0 saturated heterocycles. The standard InChI is InChI=1S/C11H11BrN4/c12-8-6-16(15-11(8)13)10-5-4-7-2-1-3-9(7)14-10/h4-6H,1-3H2,(H2,13,15). The number of halogens is 1. The van der Waals surface area contributed by atoms with Crippen molar-refractivity contribution in [3.05, 3.63) is 34.1 Å². The maximum atomic E-state index is 5.68. The lowest BCUT2D eigenvalue weighted by molar-refractivity contribution is 0.834. The topological polar surface area (TPSA) is 56.7 Å². The molecule has 0 bridgehead atoms. The molecule has 1 aliphatic carbocycles. The highest BCUT2D eigenvalue weighted by Gasteiger charge is 2.13. The van der Waals surface area contributed by atoms with Crippen molar-refractivity contribution in [3.63, 3.8) is 0 Å². The van der Waals surface area contributed by atoms with Crippen molar-refractivity contribution in [1.29, 1.82) is 0 Å². The van der Waals surface area contributed by atoms with Gasteiger partial charge in [0.1, 0.15) is 0 Å². The Bertz CT molecular complexity index is 527. The van der Waals surface area contributed by atoms with Gasteiger partial charge in [-0.05, 0) is 46.8 Å². The zero-order valence-electron chi connectivity index (χ0n) is 8.65. The maximum Gasteiger partial charge on any atom is 0.160 e. The number of nitrogens with two attached hydrogens (primary N) is 1. The molecular formula is C11H11BrN4. The molecule has 3 rings (SSSR count). The molecule has 2 aromatic heterocycles. The minimum Gasteiger partial charge on any atom is -0.381 e. The Kier molecular flexibility index (Phi) is 2.21. The Morgan fingerprint density at radius 1 is 1.31 bits per heavy atom. The molecule has 0 atom stereocenters. The van der Waals surface area contributed by atoms with Gasteiger partial charge >= 0.3 is 0 Å². The quantitative estimate of drug-likeness (QED) is 0.869. The van der Waals surface area contributed by atoms with Gasteiger partial charge in [-0.25, -0.2) is 9.67 Å². The number of pyridine rings is 1. The summed E-state index contributed by atoms with van der Waals surface area (Å²) in [5.41, 5.74) is 8.24. The molecule has 16 heavy (non-hydrogen) atoms. The number of fused-ring (bicyclic) bond motifs is 1. The van der Waals surface area contributed by atoms with Crippen LogP contribution in [0.5, 0.6) is 0 Å². The highest BCUT2D eigenvalue weighted by atomic mass is 79.9. The van der Waals surface area contributed by atoms with Crippen molar-refractivity contribution in [3.8, 4) is 5.82 Å². The van der Waals surface area contributed by atoms with Crippen LogP contribution in [-0.2, 0) is 12.8 Å². The van der Waals surface area contributed by atoms with E-state index >= 15 is 0 Å². The monoisotopic (exact) mass is 278 g/mol. The molecule has 0 spiro atoms. The average Bonchev–Trinajstić information content (AvgIpc) is 2.85. The van der Waals surface area contributed by atoms with Crippen LogP contribution in [0, 0.1) is 0 Å². The molecule has 0 aliphatic heterocycles. The number of nitrogens with zero attached hydrogens (tertiary/aromatic N) is 3. The number of hydrogen-bond donors (Lipinski definition) is 1. The predicted octanol–water partition coefficient (Wildman–Crippen LogP) is 2.10. The fourth-order valence-corrected chi connectivity index (χ4v) is 2.29. The Balaban J connectivity index is 2.07. The number of anilines is 1. The summed E-state index contributed by atoms with van der Waals surface area (Å²) in [4.78, 5) is 4.60. The Morgan fingerprint density at radius 3 is 2.94 bits per heavy atom. The third-order valence-electron chi connectivity index (χ3n) is 2.84. The first-order valence-electron chi connectivity index (χ1n) is 5.24. The fraction of sp³-hybridized carbons (Fsp3) is 0.273. The summed E-state index contributed by atoms with van der Waals surface area (Å²) in [7, 11) is 0. The average molecular weight is 279 g/mol. The van der Waals surface area contributed by atoms with Gasteiger partial charge in [-0.1, -0.05) is 6.07 Å². The highest BCUT2D eigenvalue weighted by Crippen LogP contribution is 2.23. The molecule has 4 nitrogen and oxygen atoms in total. The van der Waals surface area contributed by atoms with E-state index in [1.54, 1.807) is 4.68 Å². The molecule has 0 fully saturated rings. The Hall–Kier alpha value is -1.36. The van der Waals surface area contributed by atoms with E-state index in [0.29, 0.717) is 5.82 Å². The maximum absolute atomic E-state index is 5.68. The van der Waals surface area contributed by atoms with E-state index < -0.39 is 0 Å². The predicted molar refractivity (Wildman–Crippen MR) is 65.5 cm³/mol. The Labute approximate surface area is 102 Å². The summed E-state index contributed by atoms with van der Waals surface area (Å²) >= 11 is 3.34. The smallest absolute Gasteiger partial charge is 0.160 e. The molecule has 2 heterocycles. The van der Waals surface area contributed by atoms with E-state index in [9.17, 15) is 0 Å². The summed E-state index contributed by atoms with van der Waals surface area (Å²) < 4.78 is 2.51. The van der Waals surface area contributed by atoms with E-state index in [1.807, 2.05) is 12.3 Å². The number of nitrogen functional groups attached to an aromatic ring is 1. The van der Waals surface area contributed by atoms with Crippen molar-refractivity contribution in [2.24, 2.45) is 0 Å². The van der Waals surface area contributed by atoms with Crippen LogP contribution in [0.1, 0.15) is 17.7 Å². The van der Waals surface area contributed by atoms with Crippen LogP contribution in [0.2, 0.25) is 0 Å². The summed E-state index contributed by atoms with van der Waals surface area (Å²) in [6, 6.07) is 4.12. The molecule has 82 valence electrons. The number of hydrogen-bond acceptors (Lipinski definition) is 3. The molecule has 2 aromatic rings. The SMILES string of the molecule is Nc1nn(-c2ccc3c(n2)CCC3)cc1Br. The zero-order chi connectivity index (χ0) is 11.1. The van der Waals surface area contributed by atoms with Crippen LogP contribution in [0.4, 0.5) is 5.82 Å². The van der Waals surface area contributed by atoms with Crippen LogP contribution in [-0.4, -0.2) is 14.8 Å². The summed E-state index contributed by atoms with van der Waals surface area (Å²) in [5.74, 6) is 1.32. The molecule has 5 heteroatoms. The summed E-state index contributed by atoms with van der Waals surface area (Å²) in [5, 5.41) is 4.19. The fourth-order valence-electron chi connectivity index (χ4n) is 2.02. The number of aryl methyl sites for hydroxylation is 2. The van der Waals surface area contributed by atoms with Crippen LogP contribution in [0.3, 0.4) is 0 Å². The van der Waals surface area contributed by atoms with E-state index in [1.165, 1.54) is 17.7 Å². The second-order valence-electron chi connectivity index (χ2n) is 3.94. The minimum atomic E-state index is 0.488. The molecule has 2 N–H and O–H groups in total. The van der Waals surface area contributed by atoms with E-state index in [4.69, 9.17) is 5.73 Å². The first-order valence-corrected chi connectivity index (χ1v) is 6.03. The summed E-state index contributed by atoms with van der Waals surface area (Å²) in [6.07, 6.45) is 5.25. The van der Waals surface area contributed by atoms with Crippen molar-refractivity contribution in [2.45, 2.75) is 19.3 Å². The molecule has 0 unspecified atom stereocenters. The van der Waals surface area contributed by atoms with E-state index in [0.717, 1.165) is 23.1 Å². The molecule has 0 amide bonds. The molecule has 0 aromatic carbocycles. The van der Waals surface area contributed by atoms with Gasteiger partial charge in [-0.2, -0.15) is 0 Å².